The molecule has 0 aliphatic carbocycles. The topological polar surface area (TPSA) is 79.6 Å². The zero-order chi connectivity index (χ0) is 19.0. The number of hydrogen-bond acceptors (Lipinski definition) is 4. The van der Waals surface area contributed by atoms with Gasteiger partial charge in [0, 0.05) is 25.8 Å². The van der Waals surface area contributed by atoms with Gasteiger partial charge in [0.05, 0.1) is 5.69 Å². The molecular formula is C18H24N6O2. The first-order valence-corrected chi connectivity index (χ1v) is 8.75. The van der Waals surface area contributed by atoms with E-state index in [0.717, 1.165) is 17.8 Å². The van der Waals surface area contributed by atoms with E-state index >= 15 is 0 Å². The zero-order valence-corrected chi connectivity index (χ0v) is 15.9. The second-order valence-corrected chi connectivity index (χ2v) is 6.40. The summed E-state index contributed by atoms with van der Waals surface area (Å²) in [5.74, 6) is 0.559. The summed E-state index contributed by atoms with van der Waals surface area (Å²) in [7, 11) is 1.64. The molecule has 8 heteroatoms. The van der Waals surface area contributed by atoms with E-state index in [1.54, 1.807) is 17.8 Å². The number of hydrogen-bond donors (Lipinski definition) is 0. The lowest BCUT2D eigenvalue weighted by Gasteiger charge is -2.09. The highest BCUT2D eigenvalue weighted by Gasteiger charge is 2.21. The molecule has 0 unspecified atom stereocenters. The summed E-state index contributed by atoms with van der Waals surface area (Å²) >= 11 is 0. The minimum Gasteiger partial charge on any atom is -0.302 e. The van der Waals surface area contributed by atoms with E-state index in [-0.39, 0.29) is 17.8 Å². The van der Waals surface area contributed by atoms with Crippen molar-refractivity contribution < 1.29 is 0 Å². The average Bonchev–Trinajstić information content (AvgIpc) is 3.13. The first-order valence-electron chi connectivity index (χ1n) is 8.75. The fourth-order valence-electron chi connectivity index (χ4n) is 3.16. The lowest BCUT2D eigenvalue weighted by atomic mass is 10.4. The zero-order valence-electron chi connectivity index (χ0n) is 15.9. The number of imidazole rings is 1. The Hall–Kier alpha value is -2.90. The Morgan fingerprint density at radius 3 is 2.50 bits per heavy atom. The van der Waals surface area contributed by atoms with Crippen molar-refractivity contribution in [3.05, 3.63) is 50.4 Å². The summed E-state index contributed by atoms with van der Waals surface area (Å²) in [5.41, 5.74) is 1.91. The molecule has 0 saturated carbocycles. The Kier molecular flexibility index (Phi) is 4.67. The summed E-state index contributed by atoms with van der Waals surface area (Å²) in [6.07, 6.45) is 4.44. The van der Waals surface area contributed by atoms with Crippen molar-refractivity contribution in [2.24, 2.45) is 7.05 Å². The van der Waals surface area contributed by atoms with E-state index in [2.05, 4.69) is 10.1 Å². The van der Waals surface area contributed by atoms with Crippen LogP contribution in [0.2, 0.25) is 0 Å². The lowest BCUT2D eigenvalue weighted by Crippen LogP contribution is -2.39. The normalized spacial score (nSPS) is 11.9. The van der Waals surface area contributed by atoms with Crippen LogP contribution in [0.3, 0.4) is 0 Å². The first-order chi connectivity index (χ1) is 12.4. The van der Waals surface area contributed by atoms with Gasteiger partial charge in [0.25, 0.3) is 5.56 Å². The summed E-state index contributed by atoms with van der Waals surface area (Å²) in [6.45, 7) is 8.61. The molecule has 8 nitrogen and oxygen atoms in total. The Labute approximate surface area is 151 Å². The van der Waals surface area contributed by atoms with Gasteiger partial charge in [0.2, 0.25) is 5.95 Å². The van der Waals surface area contributed by atoms with Gasteiger partial charge in [-0.25, -0.2) is 9.48 Å². The van der Waals surface area contributed by atoms with Gasteiger partial charge in [-0.2, -0.15) is 10.1 Å². The fourth-order valence-corrected chi connectivity index (χ4v) is 3.16. The third-order valence-corrected chi connectivity index (χ3v) is 4.38. The molecule has 138 valence electrons. The van der Waals surface area contributed by atoms with Gasteiger partial charge in [-0.15, -0.1) is 0 Å². The molecule has 3 aromatic rings. The van der Waals surface area contributed by atoms with Gasteiger partial charge in [0.15, 0.2) is 11.2 Å². The van der Waals surface area contributed by atoms with Crippen LogP contribution in [-0.4, -0.2) is 28.5 Å². The lowest BCUT2D eigenvalue weighted by molar-refractivity contribution is 0.632. The van der Waals surface area contributed by atoms with Crippen LogP contribution >= 0.6 is 0 Å². The van der Waals surface area contributed by atoms with Crippen LogP contribution in [0.15, 0.2) is 27.8 Å². The molecule has 0 aliphatic heterocycles. The van der Waals surface area contributed by atoms with Crippen LogP contribution in [0.1, 0.15) is 31.7 Å². The van der Waals surface area contributed by atoms with E-state index in [9.17, 15) is 9.59 Å². The van der Waals surface area contributed by atoms with Crippen molar-refractivity contribution in [2.45, 2.75) is 47.2 Å². The van der Waals surface area contributed by atoms with Gasteiger partial charge in [-0.1, -0.05) is 19.1 Å². The third kappa shape index (κ3) is 2.71. The van der Waals surface area contributed by atoms with E-state index in [4.69, 9.17) is 0 Å². The van der Waals surface area contributed by atoms with E-state index in [1.165, 1.54) is 9.13 Å². The van der Waals surface area contributed by atoms with Gasteiger partial charge in [-0.3, -0.25) is 13.9 Å². The number of aromatic nitrogens is 6. The smallest absolute Gasteiger partial charge is 0.302 e. The Balaban J connectivity index is 2.42. The molecule has 0 aliphatic rings. The number of fused-ring (bicyclic) bond motifs is 1. The van der Waals surface area contributed by atoms with Crippen LogP contribution in [-0.2, 0) is 20.1 Å². The summed E-state index contributed by atoms with van der Waals surface area (Å²) in [5, 5.41) is 4.50. The van der Waals surface area contributed by atoms with Gasteiger partial charge >= 0.3 is 5.69 Å². The molecule has 0 atom stereocenters. The van der Waals surface area contributed by atoms with Crippen molar-refractivity contribution in [3.8, 4) is 5.95 Å². The molecule has 3 aromatic heterocycles. The quantitative estimate of drug-likeness (QED) is 0.652. The van der Waals surface area contributed by atoms with Gasteiger partial charge in [-0.05, 0) is 33.3 Å². The van der Waals surface area contributed by atoms with Crippen LogP contribution in [0.4, 0.5) is 0 Å². The second-order valence-electron chi connectivity index (χ2n) is 6.40. The molecule has 3 heterocycles. The van der Waals surface area contributed by atoms with Crippen LogP contribution in [0.25, 0.3) is 17.1 Å². The predicted octanol–water partition coefficient (Wildman–Crippen LogP) is 1.69. The highest BCUT2D eigenvalue weighted by molar-refractivity contribution is 5.72. The summed E-state index contributed by atoms with van der Waals surface area (Å²) in [4.78, 5) is 30.3. The number of allylic oxidation sites excluding steroid dienone is 2. The van der Waals surface area contributed by atoms with Gasteiger partial charge in [0.1, 0.15) is 0 Å². The third-order valence-electron chi connectivity index (χ3n) is 4.38. The van der Waals surface area contributed by atoms with E-state index < -0.39 is 0 Å². The number of nitrogens with zero attached hydrogens (tertiary/aromatic N) is 6. The molecule has 0 spiro atoms. The first kappa shape index (κ1) is 17.9. The monoisotopic (exact) mass is 356 g/mol. The largest absolute Gasteiger partial charge is 0.332 e. The second kappa shape index (κ2) is 6.78. The molecule has 0 bridgehead atoms. The molecular weight excluding hydrogens is 332 g/mol. The average molecular weight is 356 g/mol. The maximum atomic E-state index is 13.1. The SMILES string of the molecule is C/C=C\Cn1c(=O)c2c(nc(-n3nc(C)cc3C)n2CCC)n(C)c1=O. The van der Waals surface area contributed by atoms with Crippen molar-refractivity contribution in [2.75, 3.05) is 0 Å². The van der Waals surface area contributed by atoms with Crippen molar-refractivity contribution >= 4 is 11.2 Å². The van der Waals surface area contributed by atoms with E-state index in [0.29, 0.717) is 23.7 Å². The Morgan fingerprint density at radius 1 is 1.19 bits per heavy atom. The maximum Gasteiger partial charge on any atom is 0.332 e. The molecule has 0 radical (unpaired) electrons. The highest BCUT2D eigenvalue weighted by Crippen LogP contribution is 2.17. The standard InChI is InChI=1S/C18H24N6O2/c1-6-8-10-23-16(25)14-15(21(5)18(23)26)19-17(22(14)9-7-2)24-13(4)11-12(3)20-24/h6,8,11H,7,9-10H2,1-5H3/b8-6-. The fraction of sp³-hybridized carbons (Fsp3) is 0.444. The number of rotatable bonds is 5. The predicted molar refractivity (Wildman–Crippen MR) is 101 cm³/mol. The minimum absolute atomic E-state index is 0.241. The Morgan fingerprint density at radius 2 is 1.92 bits per heavy atom. The minimum atomic E-state index is -0.373. The maximum absolute atomic E-state index is 13.1. The van der Waals surface area contributed by atoms with Crippen LogP contribution in [0, 0.1) is 13.8 Å². The van der Waals surface area contributed by atoms with Gasteiger partial charge < -0.3 is 4.57 Å². The summed E-state index contributed by atoms with van der Waals surface area (Å²) < 4.78 is 6.26. The van der Waals surface area contributed by atoms with E-state index in [1.807, 2.05) is 44.4 Å². The van der Waals surface area contributed by atoms with Crippen LogP contribution in [0.5, 0.6) is 0 Å². The molecule has 0 fully saturated rings. The molecule has 0 aromatic carbocycles. The van der Waals surface area contributed by atoms with Crippen molar-refractivity contribution in [1.82, 2.24) is 28.5 Å². The molecule has 26 heavy (non-hydrogen) atoms. The van der Waals surface area contributed by atoms with Crippen molar-refractivity contribution in [3.63, 3.8) is 0 Å². The molecule has 0 amide bonds. The molecule has 0 saturated heterocycles. The highest BCUT2D eigenvalue weighted by atomic mass is 16.2. The van der Waals surface area contributed by atoms with Crippen LogP contribution < -0.4 is 11.2 Å². The van der Waals surface area contributed by atoms with Crippen molar-refractivity contribution in [1.29, 1.82) is 0 Å². The molecule has 0 N–H and O–H groups in total. The number of aryl methyl sites for hydroxylation is 4. The Bertz CT molecular complexity index is 1110. The molecule has 3 rings (SSSR count). The summed E-state index contributed by atoms with van der Waals surface area (Å²) in [6, 6.07) is 1.96.